The zero-order valence-electron chi connectivity index (χ0n) is 18.4. The smallest absolute Gasteiger partial charge is 0.408 e. The molecular weight excluding hydrogens is 382 g/mol. The lowest BCUT2D eigenvalue weighted by atomic mass is 9.86. The van der Waals surface area contributed by atoms with Gasteiger partial charge in [-0.2, -0.15) is 0 Å². The summed E-state index contributed by atoms with van der Waals surface area (Å²) >= 11 is 0. The molecule has 1 aliphatic rings. The quantitative estimate of drug-likeness (QED) is 0.593. The average Bonchev–Trinajstić information content (AvgIpc) is 2.69. The molecule has 3 N–H and O–H groups in total. The van der Waals surface area contributed by atoms with E-state index in [1.54, 1.807) is 26.8 Å². The Morgan fingerprint density at radius 3 is 2.40 bits per heavy atom. The molecule has 7 heteroatoms. The maximum atomic E-state index is 12.2. The van der Waals surface area contributed by atoms with Crippen molar-refractivity contribution in [2.24, 2.45) is 5.92 Å². The van der Waals surface area contributed by atoms with Crippen molar-refractivity contribution >= 4 is 23.6 Å². The number of hydrogen-bond acceptors (Lipinski definition) is 4. The van der Waals surface area contributed by atoms with Gasteiger partial charge in [0.1, 0.15) is 12.1 Å². The maximum Gasteiger partial charge on any atom is 0.408 e. The van der Waals surface area contributed by atoms with Gasteiger partial charge in [0.15, 0.2) is 0 Å². The molecule has 1 aromatic carbocycles. The normalized spacial score (nSPS) is 14.6. The van der Waals surface area contributed by atoms with Crippen LogP contribution in [0.1, 0.15) is 71.3 Å². The molecule has 0 bridgehead atoms. The number of rotatable bonds is 8. The minimum absolute atomic E-state index is 0.0355. The van der Waals surface area contributed by atoms with Crippen molar-refractivity contribution in [2.75, 3.05) is 11.9 Å². The number of nitrogens with one attached hydrogen (secondary N) is 3. The molecule has 1 fully saturated rings. The van der Waals surface area contributed by atoms with Gasteiger partial charge in [0, 0.05) is 18.7 Å². The molecule has 166 valence electrons. The summed E-state index contributed by atoms with van der Waals surface area (Å²) in [5.41, 5.74) is 0.803. The third-order valence-electron chi connectivity index (χ3n) is 5.06. The van der Waals surface area contributed by atoms with E-state index in [0.29, 0.717) is 24.6 Å². The molecule has 0 unspecified atom stereocenters. The lowest BCUT2D eigenvalue weighted by Crippen LogP contribution is -2.37. The SMILES string of the molecule is CC(C)(C)OC(=O)NCC(=O)Nc1ccccc1CNC(=O)CCC1CCCCC1. The van der Waals surface area contributed by atoms with E-state index in [1.165, 1.54) is 32.1 Å². The van der Waals surface area contributed by atoms with Gasteiger partial charge in [-0.05, 0) is 44.7 Å². The molecule has 0 atom stereocenters. The standard InChI is InChI=1S/C23H35N3O4/c1-23(2,3)30-22(29)25-16-21(28)26-19-12-8-7-11-18(19)15-24-20(27)14-13-17-9-5-4-6-10-17/h7-8,11-12,17H,4-6,9-10,13-16H2,1-3H3,(H,24,27)(H,25,29)(H,26,28). The molecule has 0 aliphatic heterocycles. The first-order valence-electron chi connectivity index (χ1n) is 10.8. The van der Waals surface area contributed by atoms with Crippen LogP contribution in [0.4, 0.5) is 10.5 Å². The second-order valence-electron chi connectivity index (χ2n) is 8.88. The van der Waals surface area contributed by atoms with Crippen LogP contribution in [0.5, 0.6) is 0 Å². The van der Waals surface area contributed by atoms with Crippen molar-refractivity contribution in [1.82, 2.24) is 10.6 Å². The van der Waals surface area contributed by atoms with E-state index in [0.717, 1.165) is 12.0 Å². The molecule has 30 heavy (non-hydrogen) atoms. The number of anilines is 1. The highest BCUT2D eigenvalue weighted by atomic mass is 16.6. The predicted octanol–water partition coefficient (Wildman–Crippen LogP) is 4.13. The maximum absolute atomic E-state index is 12.2. The highest BCUT2D eigenvalue weighted by molar-refractivity contribution is 5.94. The number of benzene rings is 1. The Bertz CT molecular complexity index is 721. The van der Waals surface area contributed by atoms with Gasteiger partial charge in [-0.25, -0.2) is 4.79 Å². The first-order chi connectivity index (χ1) is 14.2. The van der Waals surface area contributed by atoms with Crippen LogP contribution in [-0.2, 0) is 20.9 Å². The topological polar surface area (TPSA) is 96.5 Å². The van der Waals surface area contributed by atoms with Crippen LogP contribution >= 0.6 is 0 Å². The number of carbonyl (C=O) groups excluding carboxylic acids is 3. The molecule has 1 aliphatic carbocycles. The molecule has 0 radical (unpaired) electrons. The van der Waals surface area contributed by atoms with E-state index < -0.39 is 11.7 Å². The lowest BCUT2D eigenvalue weighted by Gasteiger charge is -2.21. The molecule has 1 aromatic rings. The Hall–Kier alpha value is -2.57. The van der Waals surface area contributed by atoms with Crippen LogP contribution in [0.2, 0.25) is 0 Å². The summed E-state index contributed by atoms with van der Waals surface area (Å²) < 4.78 is 5.12. The lowest BCUT2D eigenvalue weighted by molar-refractivity contribution is -0.121. The summed E-state index contributed by atoms with van der Waals surface area (Å²) in [6.07, 6.45) is 7.19. The van der Waals surface area contributed by atoms with E-state index in [4.69, 9.17) is 4.74 Å². The van der Waals surface area contributed by atoms with Gasteiger partial charge in [0.2, 0.25) is 11.8 Å². The number of para-hydroxylation sites is 1. The second-order valence-corrected chi connectivity index (χ2v) is 8.88. The van der Waals surface area contributed by atoms with E-state index in [-0.39, 0.29) is 18.4 Å². The van der Waals surface area contributed by atoms with Crippen molar-refractivity contribution < 1.29 is 19.1 Å². The Kier molecular flexibility index (Phi) is 9.15. The summed E-state index contributed by atoms with van der Waals surface area (Å²) in [7, 11) is 0. The van der Waals surface area contributed by atoms with E-state index in [9.17, 15) is 14.4 Å². The summed E-state index contributed by atoms with van der Waals surface area (Å²) in [4.78, 5) is 36.1. The van der Waals surface area contributed by atoms with Crippen molar-refractivity contribution in [3.63, 3.8) is 0 Å². The van der Waals surface area contributed by atoms with Gasteiger partial charge in [-0.3, -0.25) is 9.59 Å². The molecule has 2 rings (SSSR count). The second kappa shape index (κ2) is 11.6. The van der Waals surface area contributed by atoms with Crippen LogP contribution in [0.3, 0.4) is 0 Å². The Labute approximate surface area is 179 Å². The van der Waals surface area contributed by atoms with Crippen LogP contribution in [0, 0.1) is 5.92 Å². The third kappa shape index (κ3) is 9.29. The minimum Gasteiger partial charge on any atom is -0.444 e. The van der Waals surface area contributed by atoms with E-state index >= 15 is 0 Å². The number of alkyl carbamates (subject to hydrolysis) is 1. The monoisotopic (exact) mass is 417 g/mol. The fourth-order valence-corrected chi connectivity index (χ4v) is 3.55. The highest BCUT2D eigenvalue weighted by Crippen LogP contribution is 2.27. The average molecular weight is 418 g/mol. The Morgan fingerprint density at radius 2 is 1.70 bits per heavy atom. The summed E-state index contributed by atoms with van der Waals surface area (Å²) in [6.45, 7) is 5.42. The largest absolute Gasteiger partial charge is 0.444 e. The molecule has 1 saturated carbocycles. The van der Waals surface area contributed by atoms with Crippen molar-refractivity contribution in [3.05, 3.63) is 29.8 Å². The van der Waals surface area contributed by atoms with E-state index in [2.05, 4.69) is 16.0 Å². The number of ether oxygens (including phenoxy) is 1. The molecule has 7 nitrogen and oxygen atoms in total. The van der Waals surface area contributed by atoms with Gasteiger partial charge >= 0.3 is 6.09 Å². The fraction of sp³-hybridized carbons (Fsp3) is 0.609. The first kappa shape index (κ1) is 23.7. The van der Waals surface area contributed by atoms with Crippen LogP contribution in [0.25, 0.3) is 0 Å². The summed E-state index contributed by atoms with van der Waals surface area (Å²) in [6, 6.07) is 7.30. The van der Waals surface area contributed by atoms with Gasteiger partial charge in [0.25, 0.3) is 0 Å². The van der Waals surface area contributed by atoms with Crippen molar-refractivity contribution in [3.8, 4) is 0 Å². The molecule has 0 aromatic heterocycles. The Balaban J connectivity index is 1.77. The highest BCUT2D eigenvalue weighted by Gasteiger charge is 2.17. The molecule has 0 heterocycles. The third-order valence-corrected chi connectivity index (χ3v) is 5.06. The summed E-state index contributed by atoms with van der Waals surface area (Å²) in [5.74, 6) is 0.346. The number of hydrogen-bond donors (Lipinski definition) is 3. The molecular formula is C23H35N3O4. The Morgan fingerprint density at radius 1 is 1.00 bits per heavy atom. The van der Waals surface area contributed by atoms with Gasteiger partial charge < -0.3 is 20.7 Å². The predicted molar refractivity (Wildman–Crippen MR) is 117 cm³/mol. The first-order valence-corrected chi connectivity index (χ1v) is 10.8. The molecule has 0 saturated heterocycles. The zero-order chi connectivity index (χ0) is 22.0. The molecule has 3 amide bonds. The van der Waals surface area contributed by atoms with Crippen molar-refractivity contribution in [1.29, 1.82) is 0 Å². The van der Waals surface area contributed by atoms with Gasteiger partial charge in [-0.15, -0.1) is 0 Å². The zero-order valence-corrected chi connectivity index (χ0v) is 18.4. The number of carbonyl (C=O) groups is 3. The van der Waals surface area contributed by atoms with Crippen LogP contribution < -0.4 is 16.0 Å². The van der Waals surface area contributed by atoms with Gasteiger partial charge in [-0.1, -0.05) is 50.3 Å². The van der Waals surface area contributed by atoms with Crippen LogP contribution in [0.15, 0.2) is 24.3 Å². The minimum atomic E-state index is -0.642. The van der Waals surface area contributed by atoms with Gasteiger partial charge in [0.05, 0.1) is 0 Å². The molecule has 0 spiro atoms. The fourth-order valence-electron chi connectivity index (χ4n) is 3.55. The number of amides is 3. The van der Waals surface area contributed by atoms with Crippen molar-refractivity contribution in [2.45, 2.75) is 77.9 Å². The summed E-state index contributed by atoms with van der Waals surface area (Å²) in [5, 5.41) is 8.16. The van der Waals surface area contributed by atoms with E-state index in [1.807, 2.05) is 18.2 Å². The van der Waals surface area contributed by atoms with Crippen LogP contribution in [-0.4, -0.2) is 30.1 Å².